The molecule has 0 N–H and O–H groups in total. The maximum absolute atomic E-state index is 6.71. The summed E-state index contributed by atoms with van der Waals surface area (Å²) in [5.74, 6) is 0.688. The topological polar surface area (TPSA) is 48.8 Å². The summed E-state index contributed by atoms with van der Waals surface area (Å²) in [6.45, 7) is 0. The fraction of sp³-hybridized carbons (Fsp3) is 0. The van der Waals surface area contributed by atoms with Crippen LogP contribution in [0.5, 0.6) is 0 Å². The van der Waals surface area contributed by atoms with Crippen molar-refractivity contribution in [1.82, 2.24) is 19.1 Å². The van der Waals surface area contributed by atoms with Gasteiger partial charge in [-0.3, -0.25) is 0 Å². The molecule has 9 aromatic carbocycles. The highest BCUT2D eigenvalue weighted by Crippen LogP contribution is 2.45. The summed E-state index contributed by atoms with van der Waals surface area (Å²) in [4.78, 5) is 10.3. The molecule has 0 radical (unpaired) electrons. The van der Waals surface area contributed by atoms with Gasteiger partial charge in [0.05, 0.1) is 38.8 Å². The van der Waals surface area contributed by atoms with Crippen molar-refractivity contribution in [2.24, 2.45) is 0 Å². The molecule has 5 heteroatoms. The van der Waals surface area contributed by atoms with E-state index in [1.807, 2.05) is 18.2 Å². The Balaban J connectivity index is 1.01. The Morgan fingerprint density at radius 2 is 0.889 bits per heavy atom. The van der Waals surface area contributed by atoms with E-state index < -0.39 is 0 Å². The van der Waals surface area contributed by atoms with Crippen LogP contribution in [0.1, 0.15) is 0 Å². The minimum absolute atomic E-state index is 0.688. The second-order valence-electron chi connectivity index (χ2n) is 16.1. The first kappa shape index (κ1) is 35.2. The highest BCUT2D eigenvalue weighted by Gasteiger charge is 2.24. The quantitative estimate of drug-likeness (QED) is 0.168. The summed E-state index contributed by atoms with van der Waals surface area (Å²) in [6.07, 6.45) is 0. The lowest BCUT2D eigenvalue weighted by Gasteiger charge is -2.12. The number of hydrogen-bond acceptors (Lipinski definition) is 3. The van der Waals surface area contributed by atoms with Gasteiger partial charge in [-0.1, -0.05) is 146 Å². The van der Waals surface area contributed by atoms with Crippen molar-refractivity contribution in [3.63, 3.8) is 0 Å². The zero-order valence-electron chi connectivity index (χ0n) is 34.0. The van der Waals surface area contributed by atoms with Crippen LogP contribution in [0.4, 0.5) is 0 Å². The van der Waals surface area contributed by atoms with Crippen molar-refractivity contribution in [3.8, 4) is 56.4 Å². The van der Waals surface area contributed by atoms with E-state index in [1.54, 1.807) is 0 Å². The van der Waals surface area contributed by atoms with Crippen molar-refractivity contribution < 1.29 is 4.42 Å². The molecule has 5 nitrogen and oxygen atoms in total. The lowest BCUT2D eigenvalue weighted by molar-refractivity contribution is 0.673. The van der Waals surface area contributed by atoms with Gasteiger partial charge in [0.15, 0.2) is 5.82 Å². The summed E-state index contributed by atoms with van der Waals surface area (Å²) < 4.78 is 11.6. The number of furan rings is 1. The Kier molecular flexibility index (Phi) is 7.84. The van der Waals surface area contributed by atoms with Crippen LogP contribution in [0.2, 0.25) is 0 Å². The molecule has 0 amide bonds. The molecular weight excluding hydrogens is 769 g/mol. The Bertz CT molecular complexity index is 3840. The molecule has 4 aromatic heterocycles. The van der Waals surface area contributed by atoms with Crippen molar-refractivity contribution in [3.05, 3.63) is 218 Å². The van der Waals surface area contributed by atoms with Gasteiger partial charge in [0.1, 0.15) is 11.2 Å². The lowest BCUT2D eigenvalue weighted by atomic mass is 10.0. The highest BCUT2D eigenvalue weighted by molar-refractivity contribution is 6.31. The van der Waals surface area contributed by atoms with Crippen molar-refractivity contribution in [2.75, 3.05) is 0 Å². The zero-order valence-corrected chi connectivity index (χ0v) is 34.0. The maximum Gasteiger partial charge on any atom is 0.160 e. The first-order chi connectivity index (χ1) is 31.2. The second kappa shape index (κ2) is 14.0. The van der Waals surface area contributed by atoms with Gasteiger partial charge >= 0.3 is 0 Å². The van der Waals surface area contributed by atoms with Gasteiger partial charge in [0, 0.05) is 55.0 Å². The molecular formula is C58H36N4O. The van der Waals surface area contributed by atoms with E-state index in [0.29, 0.717) is 5.82 Å². The fourth-order valence-electron chi connectivity index (χ4n) is 9.70. The van der Waals surface area contributed by atoms with Crippen LogP contribution in [0.15, 0.2) is 223 Å². The number of aromatic nitrogens is 4. The molecule has 4 heterocycles. The average molecular weight is 805 g/mol. The standard InChI is InChI=1S/C58H36N4O/c1-4-16-37(17-5-1)48-36-49(38-18-6-2-7-19-38)60-58(59-48)41-22-14-20-39(34-41)40-21-15-25-43(35-40)61-50-28-12-10-27-46(50)54-51(61)33-31-47-55-52(62(56(47)54)42-23-8-3-9-24-42)32-30-45-44-26-11-13-29-53(44)63-57(45)55/h1-36H. The van der Waals surface area contributed by atoms with Crippen LogP contribution in [-0.2, 0) is 0 Å². The van der Waals surface area contributed by atoms with E-state index in [4.69, 9.17) is 14.4 Å². The highest BCUT2D eigenvalue weighted by atomic mass is 16.3. The van der Waals surface area contributed by atoms with E-state index in [1.165, 1.54) is 10.8 Å². The van der Waals surface area contributed by atoms with Gasteiger partial charge in [-0.2, -0.15) is 0 Å². The van der Waals surface area contributed by atoms with E-state index in [9.17, 15) is 0 Å². The molecule has 13 aromatic rings. The van der Waals surface area contributed by atoms with E-state index in [-0.39, 0.29) is 0 Å². The zero-order chi connectivity index (χ0) is 41.4. The van der Waals surface area contributed by atoms with Crippen LogP contribution < -0.4 is 0 Å². The van der Waals surface area contributed by atoms with Crippen LogP contribution in [-0.4, -0.2) is 19.1 Å². The fourth-order valence-corrected chi connectivity index (χ4v) is 9.70. The van der Waals surface area contributed by atoms with Gasteiger partial charge in [-0.15, -0.1) is 0 Å². The molecule has 0 unspecified atom stereocenters. The second-order valence-corrected chi connectivity index (χ2v) is 16.1. The molecule has 0 atom stereocenters. The monoisotopic (exact) mass is 804 g/mol. The number of benzene rings is 9. The third-order valence-electron chi connectivity index (χ3n) is 12.5. The Morgan fingerprint density at radius 1 is 0.333 bits per heavy atom. The molecule has 0 aliphatic rings. The van der Waals surface area contributed by atoms with Gasteiger partial charge in [0.25, 0.3) is 0 Å². The molecule has 294 valence electrons. The van der Waals surface area contributed by atoms with E-state index in [2.05, 4.69) is 209 Å². The summed E-state index contributed by atoms with van der Waals surface area (Å²) in [7, 11) is 0. The lowest BCUT2D eigenvalue weighted by Crippen LogP contribution is -1.96. The molecule has 13 rings (SSSR count). The number of hydrogen-bond donors (Lipinski definition) is 0. The normalized spacial score (nSPS) is 11.8. The summed E-state index contributed by atoms with van der Waals surface area (Å²) in [5, 5.41) is 6.93. The first-order valence-electron chi connectivity index (χ1n) is 21.3. The molecule has 0 aliphatic heterocycles. The van der Waals surface area contributed by atoms with E-state index >= 15 is 0 Å². The first-order valence-corrected chi connectivity index (χ1v) is 21.3. The predicted octanol–water partition coefficient (Wildman–Crippen LogP) is 15.2. The number of fused-ring (bicyclic) bond motifs is 11. The summed E-state index contributed by atoms with van der Waals surface area (Å²) >= 11 is 0. The third-order valence-corrected chi connectivity index (χ3v) is 12.5. The molecule has 0 spiro atoms. The SMILES string of the molecule is c1ccc(-c2cc(-c3ccccc3)nc(-c3cccc(-c4cccc(-n5c6ccccc6c6c5ccc5c7c8oc9ccccc9c8ccc7n(-c7ccccc7)c56)c4)c3)n2)cc1. The number of nitrogens with zero attached hydrogens (tertiary/aromatic N) is 4. The van der Waals surface area contributed by atoms with Crippen molar-refractivity contribution >= 4 is 65.6 Å². The Labute approximate surface area is 362 Å². The maximum atomic E-state index is 6.71. The molecule has 0 saturated carbocycles. The molecule has 0 fully saturated rings. The summed E-state index contributed by atoms with van der Waals surface area (Å²) in [6, 6.07) is 77.1. The van der Waals surface area contributed by atoms with Crippen LogP contribution in [0, 0.1) is 0 Å². The van der Waals surface area contributed by atoms with Crippen molar-refractivity contribution in [1.29, 1.82) is 0 Å². The molecule has 63 heavy (non-hydrogen) atoms. The smallest absolute Gasteiger partial charge is 0.160 e. The van der Waals surface area contributed by atoms with Crippen molar-refractivity contribution in [2.45, 2.75) is 0 Å². The Hall–Kier alpha value is -8.54. The largest absolute Gasteiger partial charge is 0.455 e. The minimum atomic E-state index is 0.688. The number of para-hydroxylation sites is 3. The summed E-state index contributed by atoms with van der Waals surface area (Å²) in [5.41, 5.74) is 15.6. The molecule has 0 bridgehead atoms. The van der Waals surface area contributed by atoms with Gasteiger partial charge < -0.3 is 13.6 Å². The minimum Gasteiger partial charge on any atom is -0.455 e. The van der Waals surface area contributed by atoms with Gasteiger partial charge in [-0.25, -0.2) is 9.97 Å². The average Bonchev–Trinajstić information content (AvgIpc) is 4.02. The number of rotatable bonds is 6. The molecule has 0 saturated heterocycles. The van der Waals surface area contributed by atoms with Crippen LogP contribution in [0.25, 0.3) is 122 Å². The van der Waals surface area contributed by atoms with Crippen LogP contribution in [0.3, 0.4) is 0 Å². The molecule has 0 aliphatic carbocycles. The van der Waals surface area contributed by atoms with Crippen LogP contribution >= 0.6 is 0 Å². The predicted molar refractivity (Wildman–Crippen MR) is 260 cm³/mol. The third kappa shape index (κ3) is 5.57. The van der Waals surface area contributed by atoms with Gasteiger partial charge in [0.2, 0.25) is 0 Å². The van der Waals surface area contributed by atoms with Gasteiger partial charge in [-0.05, 0) is 83.9 Å². The van der Waals surface area contributed by atoms with E-state index in [0.717, 1.165) is 105 Å². The Morgan fingerprint density at radius 3 is 1.63 bits per heavy atom.